The minimum atomic E-state index is 0.179. The first-order chi connectivity index (χ1) is 11.4. The van der Waals surface area contributed by atoms with Crippen LogP contribution in [0.5, 0.6) is 5.75 Å². The van der Waals surface area contributed by atoms with Crippen LogP contribution < -0.4 is 4.74 Å². The summed E-state index contributed by atoms with van der Waals surface area (Å²) in [4.78, 5) is 2.52. The van der Waals surface area contributed by atoms with Crippen LogP contribution in [0.3, 0.4) is 0 Å². The summed E-state index contributed by atoms with van der Waals surface area (Å²) in [5, 5.41) is 0. The van der Waals surface area contributed by atoms with E-state index in [9.17, 15) is 0 Å². The first kappa shape index (κ1) is 19.3. The molecule has 0 aliphatic carbocycles. The second kappa shape index (κ2) is 8.87. The van der Waals surface area contributed by atoms with Gasteiger partial charge in [0.1, 0.15) is 12.4 Å². The molecule has 0 unspecified atom stereocenters. The summed E-state index contributed by atoms with van der Waals surface area (Å²) in [6.07, 6.45) is 2.70. The molecule has 0 radical (unpaired) electrons. The van der Waals surface area contributed by atoms with Crippen molar-refractivity contribution in [3.8, 4) is 5.75 Å². The highest BCUT2D eigenvalue weighted by molar-refractivity contribution is 5.38. The van der Waals surface area contributed by atoms with Crippen LogP contribution in [0, 0.1) is 12.8 Å². The lowest BCUT2D eigenvalue weighted by Crippen LogP contribution is -2.36. The maximum atomic E-state index is 5.87. The fourth-order valence-electron chi connectivity index (χ4n) is 3.27. The molecule has 3 heteroatoms. The van der Waals surface area contributed by atoms with Gasteiger partial charge in [0.25, 0.3) is 0 Å². The van der Waals surface area contributed by atoms with Crippen molar-refractivity contribution in [3.05, 3.63) is 29.3 Å². The molecule has 136 valence electrons. The minimum Gasteiger partial charge on any atom is -0.491 e. The molecule has 1 aromatic carbocycles. The second-order valence-corrected chi connectivity index (χ2v) is 8.24. The van der Waals surface area contributed by atoms with Gasteiger partial charge in [-0.05, 0) is 54.8 Å². The van der Waals surface area contributed by atoms with Gasteiger partial charge in [-0.15, -0.1) is 0 Å². The molecular weight excluding hydrogens is 298 g/mol. The third-order valence-electron chi connectivity index (χ3n) is 4.82. The Hall–Kier alpha value is -1.06. The summed E-state index contributed by atoms with van der Waals surface area (Å²) in [6, 6.07) is 6.49. The number of rotatable bonds is 7. The average molecular weight is 334 g/mol. The van der Waals surface area contributed by atoms with Gasteiger partial charge >= 0.3 is 0 Å². The summed E-state index contributed by atoms with van der Waals surface area (Å²) in [5.41, 5.74) is 2.72. The lowest BCUT2D eigenvalue weighted by molar-refractivity contribution is 0.0687. The molecular formula is C21H35NO2. The molecule has 2 rings (SSSR count). The van der Waals surface area contributed by atoms with Gasteiger partial charge in [0.15, 0.2) is 0 Å². The average Bonchev–Trinajstić information content (AvgIpc) is 2.51. The lowest BCUT2D eigenvalue weighted by Gasteiger charge is -2.30. The van der Waals surface area contributed by atoms with E-state index in [2.05, 4.69) is 57.7 Å². The first-order valence-electron chi connectivity index (χ1n) is 9.40. The summed E-state index contributed by atoms with van der Waals surface area (Å²) in [6.45, 7) is 16.7. The number of nitrogens with zero attached hydrogens (tertiary/aromatic N) is 1. The van der Waals surface area contributed by atoms with Crippen LogP contribution in [0.1, 0.15) is 51.7 Å². The Morgan fingerprint density at radius 1 is 1.17 bits per heavy atom. The molecule has 24 heavy (non-hydrogen) atoms. The van der Waals surface area contributed by atoms with Crippen molar-refractivity contribution in [1.82, 2.24) is 4.90 Å². The lowest BCUT2D eigenvalue weighted by atomic mass is 9.86. The molecule has 0 bridgehead atoms. The van der Waals surface area contributed by atoms with Crippen molar-refractivity contribution in [2.45, 2.75) is 52.9 Å². The SMILES string of the molecule is Cc1cc(C(C)(C)C)ccc1OCCOCCN1CCC[C@H](C)C1. The number of likely N-dealkylation sites (tertiary alicyclic amines) is 1. The number of ether oxygens (including phenoxy) is 2. The number of hydrogen-bond donors (Lipinski definition) is 0. The molecule has 0 aromatic heterocycles. The standard InChI is InChI=1S/C21H35NO2/c1-17-7-6-10-22(16-17)11-12-23-13-14-24-20-9-8-19(15-18(20)2)21(3,4)5/h8-9,15,17H,6-7,10-14,16H2,1-5H3/t17-/m0/s1. The normalized spacial score (nSPS) is 19.5. The maximum absolute atomic E-state index is 5.87. The largest absolute Gasteiger partial charge is 0.491 e. The van der Waals surface area contributed by atoms with E-state index in [4.69, 9.17) is 9.47 Å². The number of piperidine rings is 1. The molecule has 0 amide bonds. The van der Waals surface area contributed by atoms with Crippen molar-refractivity contribution in [1.29, 1.82) is 0 Å². The Morgan fingerprint density at radius 3 is 2.62 bits per heavy atom. The zero-order valence-electron chi connectivity index (χ0n) is 16.2. The van der Waals surface area contributed by atoms with Crippen LogP contribution in [0.2, 0.25) is 0 Å². The molecule has 1 aliphatic rings. The zero-order chi connectivity index (χ0) is 17.6. The molecule has 0 saturated carbocycles. The molecule has 1 atom stereocenters. The predicted molar refractivity (Wildman–Crippen MR) is 101 cm³/mol. The fraction of sp³-hybridized carbons (Fsp3) is 0.714. The van der Waals surface area contributed by atoms with Gasteiger partial charge in [-0.2, -0.15) is 0 Å². The van der Waals surface area contributed by atoms with Gasteiger partial charge in [-0.3, -0.25) is 0 Å². The van der Waals surface area contributed by atoms with Crippen molar-refractivity contribution < 1.29 is 9.47 Å². The fourth-order valence-corrected chi connectivity index (χ4v) is 3.27. The number of hydrogen-bond acceptors (Lipinski definition) is 3. The van der Waals surface area contributed by atoms with Crippen LogP contribution >= 0.6 is 0 Å². The molecule has 0 spiro atoms. The van der Waals surface area contributed by atoms with Crippen molar-refractivity contribution in [2.24, 2.45) is 5.92 Å². The van der Waals surface area contributed by atoms with Gasteiger partial charge < -0.3 is 14.4 Å². The quantitative estimate of drug-likeness (QED) is 0.690. The van der Waals surface area contributed by atoms with Crippen molar-refractivity contribution in [3.63, 3.8) is 0 Å². The van der Waals surface area contributed by atoms with E-state index in [1.54, 1.807) is 0 Å². The van der Waals surface area contributed by atoms with Crippen LogP contribution in [0.4, 0.5) is 0 Å². The van der Waals surface area contributed by atoms with E-state index in [-0.39, 0.29) is 5.41 Å². The topological polar surface area (TPSA) is 21.7 Å². The highest BCUT2D eigenvalue weighted by Crippen LogP contribution is 2.27. The van der Waals surface area contributed by atoms with Crippen molar-refractivity contribution in [2.75, 3.05) is 39.5 Å². The Balaban J connectivity index is 1.64. The van der Waals surface area contributed by atoms with Crippen LogP contribution in [0.25, 0.3) is 0 Å². The third kappa shape index (κ3) is 6.10. The molecule has 3 nitrogen and oxygen atoms in total. The Kier molecular flexibility index (Phi) is 7.12. The van der Waals surface area contributed by atoms with Gasteiger partial charge in [0.05, 0.1) is 13.2 Å². The molecule has 1 heterocycles. The van der Waals surface area contributed by atoms with E-state index < -0.39 is 0 Å². The Bertz CT molecular complexity index is 507. The molecule has 1 saturated heterocycles. The van der Waals surface area contributed by atoms with Crippen LogP contribution in [-0.2, 0) is 10.2 Å². The summed E-state index contributed by atoms with van der Waals surface area (Å²) >= 11 is 0. The zero-order valence-corrected chi connectivity index (χ0v) is 16.2. The van der Waals surface area contributed by atoms with E-state index in [0.29, 0.717) is 13.2 Å². The van der Waals surface area contributed by atoms with E-state index in [1.165, 1.54) is 37.1 Å². The molecule has 1 fully saturated rings. The smallest absolute Gasteiger partial charge is 0.122 e. The van der Waals surface area contributed by atoms with Gasteiger partial charge in [-0.1, -0.05) is 39.8 Å². The van der Waals surface area contributed by atoms with Crippen LogP contribution in [-0.4, -0.2) is 44.4 Å². The summed E-state index contributed by atoms with van der Waals surface area (Å²) < 4.78 is 11.6. The molecule has 1 aliphatic heterocycles. The van der Waals surface area contributed by atoms with Gasteiger partial charge in [0.2, 0.25) is 0 Å². The Morgan fingerprint density at radius 2 is 1.96 bits per heavy atom. The first-order valence-corrected chi connectivity index (χ1v) is 9.40. The summed E-state index contributed by atoms with van der Waals surface area (Å²) in [7, 11) is 0. The highest BCUT2D eigenvalue weighted by Gasteiger charge is 2.16. The monoisotopic (exact) mass is 333 g/mol. The highest BCUT2D eigenvalue weighted by atomic mass is 16.5. The van der Waals surface area contributed by atoms with Gasteiger partial charge in [0, 0.05) is 13.1 Å². The molecule has 1 aromatic rings. The predicted octanol–water partition coefficient (Wildman–Crippen LogP) is 4.42. The van der Waals surface area contributed by atoms with E-state index >= 15 is 0 Å². The van der Waals surface area contributed by atoms with E-state index in [1.807, 2.05) is 0 Å². The minimum absolute atomic E-state index is 0.179. The molecule has 0 N–H and O–H groups in total. The third-order valence-corrected chi connectivity index (χ3v) is 4.82. The second-order valence-electron chi connectivity index (χ2n) is 8.24. The number of benzene rings is 1. The van der Waals surface area contributed by atoms with E-state index in [0.717, 1.165) is 24.8 Å². The summed E-state index contributed by atoms with van der Waals surface area (Å²) in [5.74, 6) is 1.80. The Labute approximate surface area is 148 Å². The number of aryl methyl sites for hydroxylation is 1. The maximum Gasteiger partial charge on any atom is 0.122 e. The van der Waals surface area contributed by atoms with Crippen molar-refractivity contribution >= 4 is 0 Å². The van der Waals surface area contributed by atoms with Gasteiger partial charge in [-0.25, -0.2) is 0 Å². The van der Waals surface area contributed by atoms with Crippen LogP contribution in [0.15, 0.2) is 18.2 Å².